The van der Waals surface area contributed by atoms with Crippen molar-refractivity contribution in [1.29, 1.82) is 0 Å². The average Bonchev–Trinajstić information content (AvgIpc) is 3.30. The Kier molecular flexibility index (Phi) is 7.50. The molecule has 2 aromatic carbocycles. The highest BCUT2D eigenvalue weighted by molar-refractivity contribution is 7.80. The summed E-state index contributed by atoms with van der Waals surface area (Å²) < 4.78 is 5.08. The first-order valence-electron chi connectivity index (χ1n) is 9.52. The summed E-state index contributed by atoms with van der Waals surface area (Å²) in [4.78, 5) is 36.4. The van der Waals surface area contributed by atoms with E-state index in [1.54, 1.807) is 48.5 Å². The van der Waals surface area contributed by atoms with Crippen LogP contribution in [0.4, 0.5) is 5.69 Å². The first-order valence-corrected chi connectivity index (χ1v) is 9.93. The largest absolute Gasteiger partial charge is 0.465 e. The lowest BCUT2D eigenvalue weighted by Gasteiger charge is -2.11. The molecule has 0 unspecified atom stereocenters. The smallest absolute Gasteiger partial charge is 0.269 e. The third kappa shape index (κ3) is 6.38. The normalized spacial score (nSPS) is 10.4. The number of thiocarbonyl (C=S) groups is 1. The Bertz CT molecular complexity index is 1160. The van der Waals surface area contributed by atoms with Gasteiger partial charge >= 0.3 is 0 Å². The van der Waals surface area contributed by atoms with E-state index in [4.69, 9.17) is 16.6 Å². The van der Waals surface area contributed by atoms with E-state index < -0.39 is 11.8 Å². The van der Waals surface area contributed by atoms with Gasteiger partial charge in [-0.3, -0.25) is 30.6 Å². The van der Waals surface area contributed by atoms with E-state index in [9.17, 15) is 14.4 Å². The molecule has 162 valence electrons. The van der Waals surface area contributed by atoms with Gasteiger partial charge in [0, 0.05) is 22.9 Å². The fourth-order valence-electron chi connectivity index (χ4n) is 2.65. The van der Waals surface area contributed by atoms with Crippen LogP contribution in [0.5, 0.6) is 0 Å². The Morgan fingerprint density at radius 2 is 1.66 bits per heavy atom. The Morgan fingerprint density at radius 3 is 2.34 bits per heavy atom. The zero-order valence-electron chi connectivity index (χ0n) is 17.0. The standard InChI is InChI=1S/C23H20N4O4S/c1-15-5-2-3-7-19(15)22(30)24-17-10-8-16(9-11-17)21(29)26-27-23(32)25-20(28)13-12-18-6-4-14-31-18/h2-14H,1H3,(H,24,30)(H,26,29)(H2,25,27,28,32). The van der Waals surface area contributed by atoms with E-state index >= 15 is 0 Å². The summed E-state index contributed by atoms with van der Waals surface area (Å²) in [6.45, 7) is 1.86. The highest BCUT2D eigenvalue weighted by atomic mass is 32.1. The predicted molar refractivity (Wildman–Crippen MR) is 125 cm³/mol. The first-order chi connectivity index (χ1) is 15.4. The number of carbonyl (C=O) groups excluding carboxylic acids is 3. The molecular weight excluding hydrogens is 428 g/mol. The molecule has 4 N–H and O–H groups in total. The predicted octanol–water partition coefficient (Wildman–Crippen LogP) is 3.19. The summed E-state index contributed by atoms with van der Waals surface area (Å²) in [5.41, 5.74) is 7.17. The zero-order chi connectivity index (χ0) is 22.9. The lowest BCUT2D eigenvalue weighted by atomic mass is 10.1. The van der Waals surface area contributed by atoms with Gasteiger partial charge in [0.2, 0.25) is 5.91 Å². The fraction of sp³-hybridized carbons (Fsp3) is 0.0435. The second kappa shape index (κ2) is 10.7. The average molecular weight is 449 g/mol. The lowest BCUT2D eigenvalue weighted by molar-refractivity contribution is -0.115. The maximum atomic E-state index is 12.4. The van der Waals surface area contributed by atoms with Crippen molar-refractivity contribution in [3.8, 4) is 0 Å². The fourth-order valence-corrected chi connectivity index (χ4v) is 2.80. The first kappa shape index (κ1) is 22.4. The van der Waals surface area contributed by atoms with Crippen LogP contribution in [0.25, 0.3) is 6.08 Å². The topological polar surface area (TPSA) is 112 Å². The molecule has 0 aliphatic carbocycles. The molecule has 0 fully saturated rings. The SMILES string of the molecule is Cc1ccccc1C(=O)Nc1ccc(C(=O)NNC(=S)NC(=O)C=Cc2ccco2)cc1. The number of aryl methyl sites for hydroxylation is 1. The molecule has 0 radical (unpaired) electrons. The van der Waals surface area contributed by atoms with E-state index in [1.807, 2.05) is 19.1 Å². The van der Waals surface area contributed by atoms with Crippen molar-refractivity contribution in [1.82, 2.24) is 16.2 Å². The highest BCUT2D eigenvalue weighted by Crippen LogP contribution is 2.13. The van der Waals surface area contributed by atoms with Crippen molar-refractivity contribution in [2.45, 2.75) is 6.92 Å². The molecule has 3 amide bonds. The van der Waals surface area contributed by atoms with E-state index in [2.05, 4.69) is 21.5 Å². The second-order valence-corrected chi connectivity index (χ2v) is 7.00. The van der Waals surface area contributed by atoms with Gasteiger partial charge in [-0.2, -0.15) is 0 Å². The quantitative estimate of drug-likeness (QED) is 0.271. The zero-order valence-corrected chi connectivity index (χ0v) is 17.9. The van der Waals surface area contributed by atoms with Crippen molar-refractivity contribution in [2.24, 2.45) is 0 Å². The van der Waals surface area contributed by atoms with Gasteiger partial charge in [0.05, 0.1) is 6.26 Å². The van der Waals surface area contributed by atoms with Gasteiger partial charge in [-0.05, 0) is 73.2 Å². The van der Waals surface area contributed by atoms with Crippen LogP contribution < -0.4 is 21.5 Å². The van der Waals surface area contributed by atoms with Gasteiger partial charge in [-0.15, -0.1) is 0 Å². The number of hydrazine groups is 1. The van der Waals surface area contributed by atoms with Crippen molar-refractivity contribution in [3.63, 3.8) is 0 Å². The number of rotatable bonds is 5. The molecule has 3 rings (SSSR count). The Hall–Kier alpha value is -4.24. The van der Waals surface area contributed by atoms with Crippen LogP contribution in [-0.2, 0) is 4.79 Å². The van der Waals surface area contributed by atoms with E-state index in [0.29, 0.717) is 22.6 Å². The van der Waals surface area contributed by atoms with Crippen molar-refractivity contribution < 1.29 is 18.8 Å². The Labute approximate surface area is 189 Å². The maximum Gasteiger partial charge on any atom is 0.269 e. The van der Waals surface area contributed by atoms with Crippen LogP contribution >= 0.6 is 12.2 Å². The number of hydrogen-bond donors (Lipinski definition) is 4. The number of nitrogens with one attached hydrogen (secondary N) is 4. The number of benzene rings is 2. The summed E-state index contributed by atoms with van der Waals surface area (Å²) in [6.07, 6.45) is 4.22. The van der Waals surface area contributed by atoms with Crippen molar-refractivity contribution in [3.05, 3.63) is 95.5 Å². The van der Waals surface area contributed by atoms with Gasteiger partial charge < -0.3 is 9.73 Å². The molecule has 0 saturated heterocycles. The van der Waals surface area contributed by atoms with Gasteiger partial charge in [0.25, 0.3) is 11.8 Å². The number of furan rings is 1. The monoisotopic (exact) mass is 448 g/mol. The van der Waals surface area contributed by atoms with Gasteiger partial charge in [0.1, 0.15) is 5.76 Å². The molecule has 1 aromatic heterocycles. The van der Waals surface area contributed by atoms with Crippen molar-refractivity contribution in [2.75, 3.05) is 5.32 Å². The van der Waals surface area contributed by atoms with E-state index in [0.717, 1.165) is 5.56 Å². The van der Waals surface area contributed by atoms with Gasteiger partial charge in [-0.25, -0.2) is 0 Å². The molecule has 0 bridgehead atoms. The minimum atomic E-state index is -0.484. The summed E-state index contributed by atoms with van der Waals surface area (Å²) >= 11 is 4.98. The maximum absolute atomic E-state index is 12.4. The van der Waals surface area contributed by atoms with Crippen LogP contribution in [0.2, 0.25) is 0 Å². The van der Waals surface area contributed by atoms with Crippen molar-refractivity contribution >= 4 is 46.8 Å². The third-order valence-electron chi connectivity index (χ3n) is 4.26. The Balaban J connectivity index is 1.47. The highest BCUT2D eigenvalue weighted by Gasteiger charge is 2.10. The van der Waals surface area contributed by atoms with Gasteiger partial charge in [0.15, 0.2) is 5.11 Å². The molecule has 0 saturated carbocycles. The number of carbonyl (C=O) groups is 3. The lowest BCUT2D eigenvalue weighted by Crippen LogP contribution is -2.48. The Morgan fingerprint density at radius 1 is 0.906 bits per heavy atom. The minimum Gasteiger partial charge on any atom is -0.465 e. The molecule has 0 atom stereocenters. The van der Waals surface area contributed by atoms with E-state index in [-0.39, 0.29) is 11.0 Å². The molecule has 3 aromatic rings. The number of anilines is 1. The third-order valence-corrected chi connectivity index (χ3v) is 4.47. The minimum absolute atomic E-state index is 0.0745. The second-order valence-electron chi connectivity index (χ2n) is 6.59. The summed E-state index contributed by atoms with van der Waals surface area (Å²) in [5.74, 6) is -0.665. The van der Waals surface area contributed by atoms with Gasteiger partial charge in [-0.1, -0.05) is 18.2 Å². The van der Waals surface area contributed by atoms with Crippen LogP contribution in [0, 0.1) is 6.92 Å². The molecule has 32 heavy (non-hydrogen) atoms. The summed E-state index contributed by atoms with van der Waals surface area (Å²) in [6, 6.07) is 17.0. The molecule has 9 heteroatoms. The van der Waals surface area contributed by atoms with Crippen LogP contribution in [0.1, 0.15) is 32.0 Å². The molecule has 1 heterocycles. The molecule has 0 spiro atoms. The molecule has 0 aliphatic heterocycles. The van der Waals surface area contributed by atoms with Crippen LogP contribution in [-0.4, -0.2) is 22.8 Å². The summed E-state index contributed by atoms with van der Waals surface area (Å²) in [5, 5.41) is 5.11. The molecular formula is C23H20N4O4S. The summed E-state index contributed by atoms with van der Waals surface area (Å²) in [7, 11) is 0. The number of hydrogen-bond acceptors (Lipinski definition) is 5. The molecule has 0 aliphatic rings. The molecule has 8 nitrogen and oxygen atoms in total. The van der Waals surface area contributed by atoms with Crippen LogP contribution in [0.15, 0.2) is 77.4 Å². The van der Waals surface area contributed by atoms with E-state index in [1.165, 1.54) is 18.4 Å². The van der Waals surface area contributed by atoms with Crippen LogP contribution in [0.3, 0.4) is 0 Å². The number of amides is 3.